The molecule has 1 rings (SSSR count). The van der Waals surface area contributed by atoms with Gasteiger partial charge in [-0.2, -0.15) is 0 Å². The molecule has 0 spiro atoms. The Kier molecular flexibility index (Phi) is 7.15. The van der Waals surface area contributed by atoms with E-state index >= 15 is 0 Å². The van der Waals surface area contributed by atoms with Crippen LogP contribution in [0, 0.1) is 0 Å². The molecule has 0 saturated heterocycles. The quantitative estimate of drug-likeness (QED) is 0.731. The van der Waals surface area contributed by atoms with Crippen LogP contribution in [0.5, 0.6) is 0 Å². The Balaban J connectivity index is 3.49. The lowest BCUT2D eigenvalue weighted by atomic mass is 9.84. The fourth-order valence-corrected chi connectivity index (χ4v) is 2.91. The summed E-state index contributed by atoms with van der Waals surface area (Å²) in [4.78, 5) is 37.9. The van der Waals surface area contributed by atoms with Crippen LogP contribution < -0.4 is 15.1 Å². The van der Waals surface area contributed by atoms with Crippen molar-refractivity contribution >= 4 is 30.0 Å². The van der Waals surface area contributed by atoms with Crippen molar-refractivity contribution in [1.82, 2.24) is 5.32 Å². The molecule has 0 fully saturated rings. The molecule has 0 bridgehead atoms. The lowest BCUT2D eigenvalue weighted by molar-refractivity contribution is -0.122. The van der Waals surface area contributed by atoms with Crippen molar-refractivity contribution in [2.45, 2.75) is 45.1 Å². The number of carbonyl (C=O) groups excluding carboxylic acids is 3. The van der Waals surface area contributed by atoms with Gasteiger partial charge in [-0.15, -0.1) is 0 Å². The monoisotopic (exact) mass is 347 g/mol. The molecule has 1 aromatic rings. The number of hydrogen-bond donors (Lipinski definition) is 1. The van der Waals surface area contributed by atoms with Crippen molar-refractivity contribution < 1.29 is 14.4 Å². The fraction of sp³-hybridized carbons (Fsp3) is 0.526. The third-order valence-corrected chi connectivity index (χ3v) is 4.29. The van der Waals surface area contributed by atoms with Crippen molar-refractivity contribution in [2.24, 2.45) is 0 Å². The van der Waals surface area contributed by atoms with Gasteiger partial charge in [0.25, 0.3) is 0 Å². The SMILES string of the molecule is CNC(=O)C(CCC=O)N(C)c1cccc(C(C)(C)C)c1N(C)C=O. The predicted molar refractivity (Wildman–Crippen MR) is 101 cm³/mol. The van der Waals surface area contributed by atoms with Gasteiger partial charge in [-0.05, 0) is 23.5 Å². The molecule has 1 N–H and O–H groups in total. The number of rotatable bonds is 8. The van der Waals surface area contributed by atoms with Gasteiger partial charge in [0.15, 0.2) is 0 Å². The molecule has 0 saturated carbocycles. The van der Waals surface area contributed by atoms with Gasteiger partial charge in [-0.25, -0.2) is 0 Å². The van der Waals surface area contributed by atoms with E-state index in [-0.39, 0.29) is 11.3 Å². The van der Waals surface area contributed by atoms with Crippen LogP contribution in [0.15, 0.2) is 18.2 Å². The molecule has 0 aromatic heterocycles. The first-order chi connectivity index (χ1) is 11.7. The molecule has 1 unspecified atom stereocenters. The minimum absolute atomic E-state index is 0.162. The lowest BCUT2D eigenvalue weighted by Gasteiger charge is -2.34. The Bertz CT molecular complexity index is 623. The van der Waals surface area contributed by atoms with E-state index in [1.807, 2.05) is 30.1 Å². The molecule has 0 heterocycles. The average molecular weight is 347 g/mol. The van der Waals surface area contributed by atoms with E-state index in [1.165, 1.54) is 4.90 Å². The summed E-state index contributed by atoms with van der Waals surface area (Å²) in [6.45, 7) is 6.24. The van der Waals surface area contributed by atoms with E-state index in [0.29, 0.717) is 12.8 Å². The first kappa shape index (κ1) is 20.7. The average Bonchev–Trinajstić information content (AvgIpc) is 2.59. The van der Waals surface area contributed by atoms with Crippen LogP contribution in [0.1, 0.15) is 39.2 Å². The Morgan fingerprint density at radius 1 is 1.24 bits per heavy atom. The summed E-state index contributed by atoms with van der Waals surface area (Å²) in [5.41, 5.74) is 2.39. The first-order valence-corrected chi connectivity index (χ1v) is 8.38. The van der Waals surface area contributed by atoms with Gasteiger partial charge in [0, 0.05) is 27.6 Å². The third-order valence-electron chi connectivity index (χ3n) is 4.29. The van der Waals surface area contributed by atoms with Crippen molar-refractivity contribution in [3.8, 4) is 0 Å². The highest BCUT2D eigenvalue weighted by Crippen LogP contribution is 2.39. The summed E-state index contributed by atoms with van der Waals surface area (Å²) in [6.07, 6.45) is 2.28. The van der Waals surface area contributed by atoms with Crippen molar-refractivity contribution in [3.05, 3.63) is 23.8 Å². The molecule has 25 heavy (non-hydrogen) atoms. The lowest BCUT2D eigenvalue weighted by Crippen LogP contribution is -2.45. The standard InChI is InChI=1S/C19H29N3O3/c1-19(2,3)14-9-7-10-15(17(14)21(5)13-24)22(6)16(11-8-12-23)18(25)20-4/h7,9-10,12-13,16H,8,11H2,1-6H3,(H,20,25). The Hall–Kier alpha value is -2.37. The van der Waals surface area contributed by atoms with E-state index in [2.05, 4.69) is 26.1 Å². The maximum absolute atomic E-state index is 12.3. The zero-order valence-electron chi connectivity index (χ0n) is 16.0. The van der Waals surface area contributed by atoms with Crippen LogP contribution in [-0.4, -0.2) is 45.8 Å². The summed E-state index contributed by atoms with van der Waals surface area (Å²) >= 11 is 0. The van der Waals surface area contributed by atoms with Gasteiger partial charge >= 0.3 is 0 Å². The van der Waals surface area contributed by atoms with Gasteiger partial charge < -0.3 is 19.9 Å². The Morgan fingerprint density at radius 3 is 2.36 bits per heavy atom. The van der Waals surface area contributed by atoms with Crippen molar-refractivity contribution in [1.29, 1.82) is 0 Å². The van der Waals surface area contributed by atoms with Gasteiger partial charge in [0.1, 0.15) is 12.3 Å². The molecule has 138 valence electrons. The number of hydrogen-bond acceptors (Lipinski definition) is 4. The molecule has 0 aliphatic heterocycles. The van der Waals surface area contributed by atoms with Crippen molar-refractivity contribution in [2.75, 3.05) is 30.9 Å². The zero-order chi connectivity index (χ0) is 19.2. The topological polar surface area (TPSA) is 69.7 Å². The number of likely N-dealkylation sites (N-methyl/N-ethyl adjacent to an activating group) is 2. The second-order valence-electron chi connectivity index (χ2n) is 7.12. The van der Waals surface area contributed by atoms with E-state index in [4.69, 9.17) is 0 Å². The number of nitrogens with zero attached hydrogens (tertiary/aromatic N) is 2. The minimum atomic E-state index is -0.496. The van der Waals surface area contributed by atoms with E-state index in [0.717, 1.165) is 29.6 Å². The fourth-order valence-electron chi connectivity index (χ4n) is 2.91. The molecular formula is C19H29N3O3. The molecule has 6 nitrogen and oxygen atoms in total. The number of carbonyl (C=O) groups is 3. The highest BCUT2D eigenvalue weighted by molar-refractivity contribution is 5.91. The van der Waals surface area contributed by atoms with Crippen LogP contribution >= 0.6 is 0 Å². The van der Waals surface area contributed by atoms with Crippen LogP contribution in [0.25, 0.3) is 0 Å². The number of amides is 2. The molecule has 6 heteroatoms. The van der Waals surface area contributed by atoms with E-state index < -0.39 is 6.04 Å². The second-order valence-corrected chi connectivity index (χ2v) is 7.12. The van der Waals surface area contributed by atoms with Crippen LogP contribution in [0.2, 0.25) is 0 Å². The first-order valence-electron chi connectivity index (χ1n) is 8.38. The smallest absolute Gasteiger partial charge is 0.242 e. The summed E-state index contributed by atoms with van der Waals surface area (Å²) in [5, 5.41) is 2.65. The Labute approximate surface area is 150 Å². The Morgan fingerprint density at radius 2 is 1.88 bits per heavy atom. The number of nitrogens with one attached hydrogen (secondary N) is 1. The predicted octanol–water partition coefficient (Wildman–Crippen LogP) is 2.11. The van der Waals surface area contributed by atoms with Gasteiger partial charge in [0.05, 0.1) is 11.4 Å². The molecular weight excluding hydrogens is 318 g/mol. The second kappa shape index (κ2) is 8.65. The summed E-state index contributed by atoms with van der Waals surface area (Å²) in [7, 11) is 5.10. The highest BCUT2D eigenvalue weighted by Gasteiger charge is 2.28. The van der Waals surface area contributed by atoms with Crippen molar-refractivity contribution in [3.63, 3.8) is 0 Å². The summed E-state index contributed by atoms with van der Waals surface area (Å²) < 4.78 is 0. The molecule has 0 aliphatic carbocycles. The largest absolute Gasteiger partial charge is 0.361 e. The normalized spacial score (nSPS) is 12.2. The highest BCUT2D eigenvalue weighted by atomic mass is 16.2. The minimum Gasteiger partial charge on any atom is -0.361 e. The molecule has 0 radical (unpaired) electrons. The maximum Gasteiger partial charge on any atom is 0.242 e. The number of aldehydes is 1. The van der Waals surface area contributed by atoms with E-state index in [9.17, 15) is 14.4 Å². The summed E-state index contributed by atoms with van der Waals surface area (Å²) in [6, 6.07) is 5.31. The molecule has 1 atom stereocenters. The molecule has 0 aliphatic rings. The van der Waals surface area contributed by atoms with Crippen LogP contribution in [0.4, 0.5) is 11.4 Å². The number of para-hydroxylation sites is 1. The maximum atomic E-state index is 12.3. The number of anilines is 2. The third kappa shape index (κ3) is 4.81. The molecule has 2 amide bonds. The van der Waals surface area contributed by atoms with E-state index in [1.54, 1.807) is 14.1 Å². The zero-order valence-corrected chi connectivity index (χ0v) is 16.0. The van der Waals surface area contributed by atoms with Crippen LogP contribution in [0.3, 0.4) is 0 Å². The van der Waals surface area contributed by atoms with Gasteiger partial charge in [0.2, 0.25) is 12.3 Å². The van der Waals surface area contributed by atoms with Gasteiger partial charge in [-0.3, -0.25) is 9.59 Å². The summed E-state index contributed by atoms with van der Waals surface area (Å²) in [5.74, 6) is -0.162. The number of benzene rings is 1. The molecule has 1 aromatic carbocycles. The van der Waals surface area contributed by atoms with Crippen LogP contribution in [-0.2, 0) is 19.8 Å². The van der Waals surface area contributed by atoms with Gasteiger partial charge in [-0.1, -0.05) is 32.9 Å².